The first-order valence-corrected chi connectivity index (χ1v) is 3.70. The van der Waals surface area contributed by atoms with Gasteiger partial charge in [-0.25, -0.2) is 4.98 Å². The van der Waals surface area contributed by atoms with E-state index in [1.54, 1.807) is 30.3 Å². The van der Waals surface area contributed by atoms with Gasteiger partial charge in [0.25, 0.3) is 5.56 Å². The number of fused-ring (bicyclic) bond motifs is 1. The summed E-state index contributed by atoms with van der Waals surface area (Å²) in [7, 11) is 0. The van der Waals surface area contributed by atoms with Crippen LogP contribution in [0.25, 0.3) is 10.9 Å². The topological polar surface area (TPSA) is 69.5 Å². The number of hydrogen-bond donors (Lipinski definition) is 1. The van der Waals surface area contributed by atoms with E-state index >= 15 is 0 Å². The molecule has 2 rings (SSSR count). The minimum absolute atomic E-state index is 0.0451. The number of benzene rings is 1. The van der Waals surface area contributed by atoms with Crippen LogP contribution in [-0.4, -0.2) is 9.97 Å². The monoisotopic (exact) mass is 171 g/mol. The second-order valence-electron chi connectivity index (χ2n) is 2.54. The van der Waals surface area contributed by atoms with Crippen molar-refractivity contribution in [1.29, 1.82) is 5.26 Å². The molecule has 0 aliphatic heterocycles. The molecule has 13 heavy (non-hydrogen) atoms. The number of para-hydroxylation sites is 1. The van der Waals surface area contributed by atoms with Crippen molar-refractivity contribution >= 4 is 10.9 Å². The van der Waals surface area contributed by atoms with Crippen LogP contribution >= 0.6 is 0 Å². The van der Waals surface area contributed by atoms with Gasteiger partial charge in [-0.05, 0) is 12.1 Å². The van der Waals surface area contributed by atoms with Crippen LogP contribution in [0.3, 0.4) is 0 Å². The van der Waals surface area contributed by atoms with Crippen molar-refractivity contribution in [3.8, 4) is 6.07 Å². The first kappa shape index (κ1) is 7.50. The first-order valence-electron chi connectivity index (χ1n) is 3.70. The lowest BCUT2D eigenvalue weighted by molar-refractivity contribution is 1.12. The lowest BCUT2D eigenvalue weighted by Gasteiger charge is -1.94. The van der Waals surface area contributed by atoms with Crippen molar-refractivity contribution in [3.05, 3.63) is 40.4 Å². The van der Waals surface area contributed by atoms with Gasteiger partial charge in [0.2, 0.25) is 5.82 Å². The number of aromatic amines is 1. The molecule has 1 heterocycles. The molecule has 1 aromatic heterocycles. The molecule has 4 heteroatoms. The molecule has 4 nitrogen and oxygen atoms in total. The van der Waals surface area contributed by atoms with E-state index in [1.807, 2.05) is 0 Å². The molecule has 0 aliphatic rings. The zero-order chi connectivity index (χ0) is 9.26. The van der Waals surface area contributed by atoms with Crippen molar-refractivity contribution in [2.75, 3.05) is 0 Å². The average Bonchev–Trinajstić information content (AvgIpc) is 2.18. The molecule has 0 aliphatic carbocycles. The minimum atomic E-state index is -0.276. The molecule has 0 spiro atoms. The van der Waals surface area contributed by atoms with Crippen LogP contribution in [0.4, 0.5) is 0 Å². The van der Waals surface area contributed by atoms with Gasteiger partial charge < -0.3 is 0 Å². The third-order valence-corrected chi connectivity index (χ3v) is 1.72. The van der Waals surface area contributed by atoms with Gasteiger partial charge in [-0.3, -0.25) is 9.78 Å². The highest BCUT2D eigenvalue weighted by molar-refractivity contribution is 5.77. The van der Waals surface area contributed by atoms with Gasteiger partial charge in [0.1, 0.15) is 6.07 Å². The number of aromatic nitrogens is 2. The summed E-state index contributed by atoms with van der Waals surface area (Å²) in [6, 6.07) is 8.69. The molecule has 0 atom stereocenters. The molecule has 0 unspecified atom stereocenters. The van der Waals surface area contributed by atoms with E-state index in [0.29, 0.717) is 10.9 Å². The predicted molar refractivity (Wildman–Crippen MR) is 47.1 cm³/mol. The third kappa shape index (κ3) is 1.16. The quantitative estimate of drug-likeness (QED) is 0.637. The van der Waals surface area contributed by atoms with Gasteiger partial charge in [0, 0.05) is 0 Å². The van der Waals surface area contributed by atoms with Crippen LogP contribution in [0.1, 0.15) is 5.82 Å². The SMILES string of the molecule is N#Cc1nc2ccccc2c(=O)[nH]1. The molecular formula is C9H5N3O. The predicted octanol–water partition coefficient (Wildman–Crippen LogP) is 0.795. The summed E-state index contributed by atoms with van der Waals surface area (Å²) < 4.78 is 0. The average molecular weight is 171 g/mol. The second kappa shape index (κ2) is 2.72. The number of nitriles is 1. The maximum atomic E-state index is 11.3. The molecule has 1 N–H and O–H groups in total. The summed E-state index contributed by atoms with van der Waals surface area (Å²) in [5, 5.41) is 9.04. The lowest BCUT2D eigenvalue weighted by Crippen LogP contribution is -2.09. The summed E-state index contributed by atoms with van der Waals surface area (Å²) in [5.41, 5.74) is 0.268. The standard InChI is InChI=1S/C9H5N3O/c10-5-8-11-7-4-2-1-3-6(7)9(13)12-8/h1-4H,(H,11,12,13). The molecule has 2 aromatic rings. The Morgan fingerprint density at radius 2 is 2.15 bits per heavy atom. The summed E-state index contributed by atoms with van der Waals surface area (Å²) >= 11 is 0. The van der Waals surface area contributed by atoms with E-state index in [-0.39, 0.29) is 11.4 Å². The van der Waals surface area contributed by atoms with Gasteiger partial charge in [-0.2, -0.15) is 5.26 Å². The maximum absolute atomic E-state index is 11.3. The third-order valence-electron chi connectivity index (χ3n) is 1.72. The van der Waals surface area contributed by atoms with E-state index < -0.39 is 0 Å². The van der Waals surface area contributed by atoms with Gasteiger partial charge in [-0.15, -0.1) is 0 Å². The first-order chi connectivity index (χ1) is 6.31. The lowest BCUT2D eigenvalue weighted by atomic mass is 10.2. The van der Waals surface area contributed by atoms with E-state index in [1.165, 1.54) is 0 Å². The summed E-state index contributed by atoms with van der Waals surface area (Å²) in [5.74, 6) is 0.0451. The number of nitrogens with one attached hydrogen (secondary N) is 1. The Hall–Kier alpha value is -2.15. The Morgan fingerprint density at radius 1 is 1.38 bits per heavy atom. The van der Waals surface area contributed by atoms with Crippen molar-refractivity contribution in [1.82, 2.24) is 9.97 Å². The molecule has 0 saturated carbocycles. The summed E-state index contributed by atoms with van der Waals surface area (Å²) in [6.45, 7) is 0. The van der Waals surface area contributed by atoms with Gasteiger partial charge in [0.15, 0.2) is 0 Å². The zero-order valence-electron chi connectivity index (χ0n) is 6.61. The normalized spacial score (nSPS) is 9.77. The number of H-pyrrole nitrogens is 1. The number of rotatable bonds is 0. The molecule has 0 amide bonds. The number of nitrogens with zero attached hydrogens (tertiary/aromatic N) is 2. The smallest absolute Gasteiger partial charge is 0.259 e. The zero-order valence-corrected chi connectivity index (χ0v) is 6.61. The molecule has 1 aromatic carbocycles. The van der Waals surface area contributed by atoms with Crippen LogP contribution in [0.2, 0.25) is 0 Å². The van der Waals surface area contributed by atoms with Gasteiger partial charge in [-0.1, -0.05) is 12.1 Å². The number of hydrogen-bond acceptors (Lipinski definition) is 3. The highest BCUT2D eigenvalue weighted by Gasteiger charge is 2.00. The van der Waals surface area contributed by atoms with Crippen LogP contribution in [0, 0.1) is 11.3 Å². The molecule has 0 radical (unpaired) electrons. The largest absolute Gasteiger partial charge is 0.297 e. The molecule has 0 bridgehead atoms. The Labute approximate surface area is 73.5 Å². The Morgan fingerprint density at radius 3 is 2.92 bits per heavy atom. The Balaban J connectivity index is 2.95. The minimum Gasteiger partial charge on any atom is -0.297 e. The molecular weight excluding hydrogens is 166 g/mol. The van der Waals surface area contributed by atoms with Crippen molar-refractivity contribution < 1.29 is 0 Å². The van der Waals surface area contributed by atoms with Crippen LogP contribution in [-0.2, 0) is 0 Å². The fourth-order valence-corrected chi connectivity index (χ4v) is 1.14. The fourth-order valence-electron chi connectivity index (χ4n) is 1.14. The van der Waals surface area contributed by atoms with Crippen molar-refractivity contribution in [3.63, 3.8) is 0 Å². The van der Waals surface area contributed by atoms with Crippen molar-refractivity contribution in [2.24, 2.45) is 0 Å². The van der Waals surface area contributed by atoms with Crippen LogP contribution in [0.15, 0.2) is 29.1 Å². The Bertz CT molecular complexity index is 551. The fraction of sp³-hybridized carbons (Fsp3) is 0. The van der Waals surface area contributed by atoms with Crippen LogP contribution < -0.4 is 5.56 Å². The maximum Gasteiger partial charge on any atom is 0.259 e. The molecule has 62 valence electrons. The van der Waals surface area contributed by atoms with Crippen LogP contribution in [0.5, 0.6) is 0 Å². The van der Waals surface area contributed by atoms with E-state index in [4.69, 9.17) is 5.26 Å². The molecule has 0 saturated heterocycles. The summed E-state index contributed by atoms with van der Waals surface area (Å²) in [6.07, 6.45) is 0. The highest BCUT2D eigenvalue weighted by atomic mass is 16.1. The van der Waals surface area contributed by atoms with E-state index in [0.717, 1.165) is 0 Å². The summed E-state index contributed by atoms with van der Waals surface area (Å²) in [4.78, 5) is 17.6. The van der Waals surface area contributed by atoms with Gasteiger partial charge in [0.05, 0.1) is 10.9 Å². The van der Waals surface area contributed by atoms with Gasteiger partial charge >= 0.3 is 0 Å². The molecule has 0 fully saturated rings. The second-order valence-corrected chi connectivity index (χ2v) is 2.54. The van der Waals surface area contributed by atoms with E-state index in [9.17, 15) is 4.79 Å². The van der Waals surface area contributed by atoms with Crippen molar-refractivity contribution in [2.45, 2.75) is 0 Å². The Kier molecular flexibility index (Phi) is 1.57. The highest BCUT2D eigenvalue weighted by Crippen LogP contribution is 2.04. The van der Waals surface area contributed by atoms with E-state index in [2.05, 4.69) is 9.97 Å².